The van der Waals surface area contributed by atoms with E-state index < -0.39 is 22.7 Å². The summed E-state index contributed by atoms with van der Waals surface area (Å²) in [6.45, 7) is 4.12. The largest absolute Gasteiger partial charge is 0.480 e. The SMILES string of the molecule is CC(=O)ON[C@@H](C(=O)O)C(C)(C)SN=O. The molecule has 0 amide bonds. The Morgan fingerprint density at radius 2 is 2.07 bits per heavy atom. The van der Waals surface area contributed by atoms with Gasteiger partial charge in [-0.25, -0.2) is 0 Å². The van der Waals surface area contributed by atoms with Gasteiger partial charge in [0.05, 0.1) is 4.75 Å². The van der Waals surface area contributed by atoms with Crippen LogP contribution in [0.2, 0.25) is 0 Å². The zero-order chi connectivity index (χ0) is 12.1. The minimum atomic E-state index is -1.24. The number of hydrogen-bond donors (Lipinski definition) is 2. The highest BCUT2D eigenvalue weighted by Crippen LogP contribution is 2.29. The van der Waals surface area contributed by atoms with Crippen LogP contribution in [0.1, 0.15) is 20.8 Å². The summed E-state index contributed by atoms with van der Waals surface area (Å²) in [5.41, 5.74) is 2.07. The maximum atomic E-state index is 10.8. The molecule has 2 N–H and O–H groups in total. The molecule has 0 fully saturated rings. The first-order chi connectivity index (χ1) is 6.81. The van der Waals surface area contributed by atoms with E-state index in [0.717, 1.165) is 6.92 Å². The summed E-state index contributed by atoms with van der Waals surface area (Å²) in [5, 5.41) is 8.84. The Kier molecular flexibility index (Phi) is 5.23. The van der Waals surface area contributed by atoms with Crippen molar-refractivity contribution < 1.29 is 19.5 Å². The van der Waals surface area contributed by atoms with Crippen LogP contribution in [0, 0.1) is 4.91 Å². The Hall–Kier alpha value is -1.15. The zero-order valence-electron chi connectivity index (χ0n) is 8.51. The van der Waals surface area contributed by atoms with Crippen molar-refractivity contribution in [2.24, 2.45) is 4.58 Å². The van der Waals surface area contributed by atoms with Crippen molar-refractivity contribution in [3.63, 3.8) is 0 Å². The zero-order valence-corrected chi connectivity index (χ0v) is 9.33. The van der Waals surface area contributed by atoms with Gasteiger partial charge in [-0.2, -0.15) is 0 Å². The van der Waals surface area contributed by atoms with Gasteiger partial charge in [0, 0.05) is 23.5 Å². The van der Waals surface area contributed by atoms with Gasteiger partial charge < -0.3 is 9.94 Å². The van der Waals surface area contributed by atoms with Crippen LogP contribution in [0.15, 0.2) is 4.58 Å². The highest BCUT2D eigenvalue weighted by molar-refractivity contribution is 7.99. The highest BCUT2D eigenvalue weighted by atomic mass is 32.2. The van der Waals surface area contributed by atoms with Crippen LogP contribution < -0.4 is 5.48 Å². The van der Waals surface area contributed by atoms with Crippen LogP contribution in [0.3, 0.4) is 0 Å². The summed E-state index contributed by atoms with van der Waals surface area (Å²) < 4.78 is 1.54. The molecule has 0 saturated carbocycles. The molecule has 0 aromatic carbocycles. The minimum absolute atomic E-state index is 0.556. The molecule has 0 aliphatic carbocycles. The molecular weight excluding hydrogens is 224 g/mol. The lowest BCUT2D eigenvalue weighted by Gasteiger charge is -2.26. The lowest BCUT2D eigenvalue weighted by Crippen LogP contribution is -2.50. The van der Waals surface area contributed by atoms with Crippen LogP contribution in [0.4, 0.5) is 0 Å². The first kappa shape index (κ1) is 13.8. The molecule has 8 heteroatoms. The maximum absolute atomic E-state index is 10.8. The molecule has 0 spiro atoms. The predicted molar refractivity (Wildman–Crippen MR) is 53.8 cm³/mol. The molecule has 0 radical (unpaired) electrons. The van der Waals surface area contributed by atoms with Gasteiger partial charge in [0.2, 0.25) is 0 Å². The standard InChI is InChI=1S/C7H12N2O5S/c1-4(10)14-8-5(6(11)12)7(2,3)15-9-13/h5,8H,1-3H3,(H,11,12)/t5-/m0/s1. The number of hydroxylamine groups is 1. The van der Waals surface area contributed by atoms with Gasteiger partial charge >= 0.3 is 11.9 Å². The number of carboxylic acids is 1. The minimum Gasteiger partial charge on any atom is -0.480 e. The average Bonchev–Trinajstić information content (AvgIpc) is 2.01. The van der Waals surface area contributed by atoms with Gasteiger partial charge in [0.15, 0.2) is 6.04 Å². The molecule has 0 bridgehead atoms. The Balaban J connectivity index is 4.57. The molecule has 0 rings (SSSR count). The average molecular weight is 236 g/mol. The fraction of sp³-hybridized carbons (Fsp3) is 0.714. The van der Waals surface area contributed by atoms with E-state index in [1.807, 2.05) is 0 Å². The third-order valence-electron chi connectivity index (χ3n) is 1.54. The molecule has 7 nitrogen and oxygen atoms in total. The second-order valence-electron chi connectivity index (χ2n) is 3.25. The number of hydrogen-bond acceptors (Lipinski definition) is 7. The van der Waals surface area contributed by atoms with Gasteiger partial charge in [-0.05, 0) is 13.8 Å². The fourth-order valence-corrected chi connectivity index (χ4v) is 1.23. The normalized spacial score (nSPS) is 13.0. The van der Waals surface area contributed by atoms with Crippen molar-refractivity contribution in [2.75, 3.05) is 0 Å². The van der Waals surface area contributed by atoms with Gasteiger partial charge in [0.1, 0.15) is 0 Å². The van der Waals surface area contributed by atoms with Crippen molar-refractivity contribution in [3.8, 4) is 0 Å². The van der Waals surface area contributed by atoms with E-state index in [1.165, 1.54) is 13.8 Å². The number of nitrogens with zero attached hydrogens (tertiary/aromatic N) is 1. The predicted octanol–water partition coefficient (Wildman–Crippen LogP) is 0.701. The molecule has 86 valence electrons. The topological polar surface area (TPSA) is 105 Å². The number of carbonyl (C=O) groups excluding carboxylic acids is 1. The molecule has 0 aromatic rings. The van der Waals surface area contributed by atoms with E-state index in [0.29, 0.717) is 11.9 Å². The highest BCUT2D eigenvalue weighted by Gasteiger charge is 2.38. The molecular formula is C7H12N2O5S. The van der Waals surface area contributed by atoms with Crippen molar-refractivity contribution in [2.45, 2.75) is 31.6 Å². The summed E-state index contributed by atoms with van der Waals surface area (Å²) in [6, 6.07) is -1.22. The van der Waals surface area contributed by atoms with Gasteiger partial charge in [0.25, 0.3) is 0 Å². The van der Waals surface area contributed by atoms with Crippen molar-refractivity contribution >= 4 is 23.9 Å². The maximum Gasteiger partial charge on any atom is 0.325 e. The molecule has 15 heavy (non-hydrogen) atoms. The third kappa shape index (κ3) is 4.75. The summed E-state index contributed by atoms with van der Waals surface area (Å²) in [5.74, 6) is -1.90. The van der Waals surface area contributed by atoms with Crippen LogP contribution in [-0.2, 0) is 14.4 Å². The van der Waals surface area contributed by atoms with E-state index in [9.17, 15) is 14.5 Å². The summed E-state index contributed by atoms with van der Waals surface area (Å²) in [7, 11) is 0. The number of carboxylic acid groups (broad SMARTS) is 1. The quantitative estimate of drug-likeness (QED) is 0.397. The Bertz CT molecular complexity index is 268. The van der Waals surface area contributed by atoms with Crippen LogP contribution in [0.25, 0.3) is 0 Å². The Labute approximate surface area is 90.6 Å². The van der Waals surface area contributed by atoms with E-state index in [-0.39, 0.29) is 0 Å². The summed E-state index contributed by atoms with van der Waals surface area (Å²) in [6.07, 6.45) is 0. The number of rotatable bonds is 6. The first-order valence-electron chi connectivity index (χ1n) is 3.98. The summed E-state index contributed by atoms with van der Waals surface area (Å²) in [4.78, 5) is 35.8. The number of aliphatic carboxylic acids is 1. The first-order valence-corrected chi connectivity index (χ1v) is 4.75. The lowest BCUT2D eigenvalue weighted by molar-refractivity contribution is -0.156. The second kappa shape index (κ2) is 5.66. The molecule has 0 heterocycles. The molecule has 0 aromatic heterocycles. The number of nitroso groups, excluding NO2 is 1. The Morgan fingerprint density at radius 1 is 1.53 bits per heavy atom. The van der Waals surface area contributed by atoms with Crippen LogP contribution >= 0.6 is 11.9 Å². The molecule has 0 saturated heterocycles. The van der Waals surface area contributed by atoms with Crippen LogP contribution in [0.5, 0.6) is 0 Å². The smallest absolute Gasteiger partial charge is 0.325 e. The lowest BCUT2D eigenvalue weighted by atomic mass is 10.0. The summed E-state index contributed by atoms with van der Waals surface area (Å²) >= 11 is 0.556. The Morgan fingerprint density at radius 3 is 2.40 bits per heavy atom. The van der Waals surface area contributed by atoms with Gasteiger partial charge in [-0.3, -0.25) is 9.59 Å². The number of nitrogens with one attached hydrogen (secondary N) is 1. The monoisotopic (exact) mass is 236 g/mol. The fourth-order valence-electron chi connectivity index (χ4n) is 0.780. The number of carbonyl (C=O) groups is 2. The van der Waals surface area contributed by atoms with Crippen molar-refractivity contribution in [1.82, 2.24) is 5.48 Å². The van der Waals surface area contributed by atoms with Gasteiger partial charge in [-0.1, -0.05) is 0 Å². The van der Waals surface area contributed by atoms with Crippen LogP contribution in [-0.4, -0.2) is 27.8 Å². The van der Waals surface area contributed by atoms with E-state index >= 15 is 0 Å². The molecule has 0 aliphatic heterocycles. The van der Waals surface area contributed by atoms with E-state index in [4.69, 9.17) is 5.11 Å². The van der Waals surface area contributed by atoms with E-state index in [1.54, 1.807) is 0 Å². The van der Waals surface area contributed by atoms with Crippen molar-refractivity contribution in [3.05, 3.63) is 4.91 Å². The van der Waals surface area contributed by atoms with Gasteiger partial charge in [-0.15, -0.1) is 10.4 Å². The molecule has 1 atom stereocenters. The molecule has 0 unspecified atom stereocenters. The van der Waals surface area contributed by atoms with E-state index in [2.05, 4.69) is 14.9 Å². The second-order valence-corrected chi connectivity index (χ2v) is 4.64. The third-order valence-corrected chi connectivity index (χ3v) is 2.32. The van der Waals surface area contributed by atoms with Crippen molar-refractivity contribution in [1.29, 1.82) is 0 Å². The molecule has 0 aliphatic rings.